The maximum Gasteiger partial charge on any atom is 0.221 e. The molecule has 0 spiro atoms. The summed E-state index contributed by atoms with van der Waals surface area (Å²) in [5, 5.41) is 16.7. The fraction of sp³-hybridized carbons (Fsp3) is 0.111. The number of nitrogens with one attached hydrogen (secondary N) is 2. The number of nitrogens with zero attached hydrogens (tertiary/aromatic N) is 3. The first-order valence-corrected chi connectivity index (χ1v) is 5.35. The van der Waals surface area contributed by atoms with Crippen LogP contribution in [0.1, 0.15) is 6.92 Å². The molecule has 0 radical (unpaired) electrons. The molecule has 6 nitrogen and oxygen atoms in total. The highest BCUT2D eigenvalue weighted by Gasteiger charge is 2.02. The van der Waals surface area contributed by atoms with Crippen molar-refractivity contribution in [2.45, 2.75) is 17.0 Å². The smallest absolute Gasteiger partial charge is 0.221 e. The number of carbonyl (C=O) groups excluding carboxylic acids is 1. The van der Waals surface area contributed by atoms with Gasteiger partial charge in [-0.05, 0) is 40.4 Å². The van der Waals surface area contributed by atoms with Crippen molar-refractivity contribution in [2.24, 2.45) is 0 Å². The van der Waals surface area contributed by atoms with Crippen LogP contribution in [0.15, 0.2) is 34.3 Å². The summed E-state index contributed by atoms with van der Waals surface area (Å²) in [6.07, 6.45) is 0. The molecule has 0 aliphatic heterocycles. The lowest BCUT2D eigenvalue weighted by Crippen LogP contribution is -2.05. The van der Waals surface area contributed by atoms with E-state index in [0.29, 0.717) is 5.16 Å². The quantitative estimate of drug-likeness (QED) is 0.838. The molecule has 0 aliphatic carbocycles. The van der Waals surface area contributed by atoms with Crippen LogP contribution in [-0.2, 0) is 4.79 Å². The zero-order valence-corrected chi connectivity index (χ0v) is 9.28. The fourth-order valence-corrected chi connectivity index (χ4v) is 1.87. The lowest BCUT2D eigenvalue weighted by Gasteiger charge is -2.03. The second-order valence-electron chi connectivity index (χ2n) is 3.02. The Balaban J connectivity index is 2.13. The fourth-order valence-electron chi connectivity index (χ4n) is 1.15. The summed E-state index contributed by atoms with van der Waals surface area (Å²) in [7, 11) is 0. The van der Waals surface area contributed by atoms with E-state index in [4.69, 9.17) is 0 Å². The van der Waals surface area contributed by atoms with Gasteiger partial charge in [0.2, 0.25) is 11.1 Å². The van der Waals surface area contributed by atoms with Crippen molar-refractivity contribution in [1.29, 1.82) is 0 Å². The summed E-state index contributed by atoms with van der Waals surface area (Å²) in [6.45, 7) is 1.47. The summed E-state index contributed by atoms with van der Waals surface area (Å²) in [4.78, 5) is 11.8. The molecular formula is C9H9N5OS. The lowest BCUT2D eigenvalue weighted by atomic mass is 10.3. The monoisotopic (exact) mass is 235 g/mol. The molecule has 2 aromatic rings. The zero-order chi connectivity index (χ0) is 11.4. The number of hydrogen-bond acceptors (Lipinski definition) is 5. The van der Waals surface area contributed by atoms with E-state index >= 15 is 0 Å². The molecule has 1 amide bonds. The van der Waals surface area contributed by atoms with Gasteiger partial charge in [-0.15, -0.1) is 5.10 Å². The zero-order valence-electron chi connectivity index (χ0n) is 8.47. The third kappa shape index (κ3) is 2.80. The number of tetrazole rings is 1. The Kier molecular flexibility index (Phi) is 3.16. The number of H-pyrrole nitrogens is 1. The summed E-state index contributed by atoms with van der Waals surface area (Å²) in [5.41, 5.74) is 0.755. The molecule has 1 heterocycles. The van der Waals surface area contributed by atoms with Crippen LogP contribution in [-0.4, -0.2) is 26.5 Å². The molecule has 7 heteroatoms. The van der Waals surface area contributed by atoms with E-state index in [1.807, 2.05) is 24.3 Å². The van der Waals surface area contributed by atoms with E-state index in [2.05, 4.69) is 25.9 Å². The molecule has 0 atom stereocenters. The minimum atomic E-state index is -0.0940. The van der Waals surface area contributed by atoms with Crippen LogP contribution in [0.2, 0.25) is 0 Å². The van der Waals surface area contributed by atoms with Crippen LogP contribution >= 0.6 is 11.8 Å². The van der Waals surface area contributed by atoms with Crippen LogP contribution in [0.5, 0.6) is 0 Å². The molecule has 82 valence electrons. The van der Waals surface area contributed by atoms with Gasteiger partial charge in [0.25, 0.3) is 0 Å². The molecule has 0 saturated carbocycles. The predicted octanol–water partition coefficient (Wildman–Crippen LogP) is 1.31. The van der Waals surface area contributed by atoms with Gasteiger partial charge in [0.05, 0.1) is 0 Å². The Hall–Kier alpha value is -1.89. The van der Waals surface area contributed by atoms with Crippen LogP contribution in [0.4, 0.5) is 5.69 Å². The van der Waals surface area contributed by atoms with Crippen molar-refractivity contribution in [3.8, 4) is 0 Å². The second-order valence-corrected chi connectivity index (χ2v) is 4.08. The summed E-state index contributed by atoms with van der Waals surface area (Å²) in [5.74, 6) is -0.0940. The number of hydrogen-bond donors (Lipinski definition) is 2. The van der Waals surface area contributed by atoms with Gasteiger partial charge in [-0.1, -0.05) is 6.07 Å². The van der Waals surface area contributed by atoms with Crippen molar-refractivity contribution in [1.82, 2.24) is 20.6 Å². The largest absolute Gasteiger partial charge is 0.326 e. The average Bonchev–Trinajstić information content (AvgIpc) is 2.70. The van der Waals surface area contributed by atoms with Gasteiger partial charge in [0.1, 0.15) is 0 Å². The van der Waals surface area contributed by atoms with Gasteiger partial charge in [0.15, 0.2) is 0 Å². The van der Waals surface area contributed by atoms with Crippen LogP contribution in [0.25, 0.3) is 0 Å². The first-order chi connectivity index (χ1) is 7.74. The second kappa shape index (κ2) is 4.75. The van der Waals surface area contributed by atoms with Crippen molar-refractivity contribution in [2.75, 3.05) is 5.32 Å². The maximum atomic E-state index is 10.9. The van der Waals surface area contributed by atoms with Gasteiger partial charge in [-0.25, -0.2) is 5.10 Å². The number of amides is 1. The molecular weight excluding hydrogens is 226 g/mol. The number of benzene rings is 1. The summed E-state index contributed by atoms with van der Waals surface area (Å²) >= 11 is 1.39. The highest BCUT2D eigenvalue weighted by molar-refractivity contribution is 7.99. The van der Waals surface area contributed by atoms with E-state index in [1.165, 1.54) is 18.7 Å². The maximum absolute atomic E-state index is 10.9. The van der Waals surface area contributed by atoms with Crippen molar-refractivity contribution >= 4 is 23.4 Å². The van der Waals surface area contributed by atoms with Crippen molar-refractivity contribution < 1.29 is 4.79 Å². The molecule has 16 heavy (non-hydrogen) atoms. The highest BCUT2D eigenvalue weighted by Crippen LogP contribution is 2.25. The topological polar surface area (TPSA) is 83.6 Å². The van der Waals surface area contributed by atoms with E-state index in [9.17, 15) is 4.79 Å². The minimum absolute atomic E-state index is 0.0940. The number of aromatic nitrogens is 4. The molecule has 2 N–H and O–H groups in total. The van der Waals surface area contributed by atoms with E-state index in [1.54, 1.807) is 0 Å². The average molecular weight is 235 g/mol. The Morgan fingerprint density at radius 1 is 1.50 bits per heavy atom. The standard InChI is InChI=1S/C9H9N5OS/c1-6(15)10-7-3-2-4-8(5-7)16-9-11-13-14-12-9/h2-5H,1H3,(H,10,15)(H,11,12,13,14). The van der Waals surface area contributed by atoms with E-state index in [0.717, 1.165) is 10.6 Å². The normalized spacial score (nSPS) is 10.1. The third-order valence-corrected chi connectivity index (χ3v) is 2.55. The highest BCUT2D eigenvalue weighted by atomic mass is 32.2. The first kappa shape index (κ1) is 10.6. The van der Waals surface area contributed by atoms with Gasteiger partial charge < -0.3 is 5.32 Å². The number of carbonyl (C=O) groups is 1. The predicted molar refractivity (Wildman–Crippen MR) is 59.0 cm³/mol. The molecule has 0 unspecified atom stereocenters. The van der Waals surface area contributed by atoms with Gasteiger partial charge in [0, 0.05) is 17.5 Å². The third-order valence-electron chi connectivity index (χ3n) is 1.69. The van der Waals surface area contributed by atoms with Gasteiger partial charge in [-0.3, -0.25) is 4.79 Å². The molecule has 0 aliphatic rings. The minimum Gasteiger partial charge on any atom is -0.326 e. The number of anilines is 1. The Bertz CT molecular complexity index is 484. The van der Waals surface area contributed by atoms with E-state index in [-0.39, 0.29) is 5.91 Å². The lowest BCUT2D eigenvalue weighted by molar-refractivity contribution is -0.114. The van der Waals surface area contributed by atoms with Crippen LogP contribution in [0, 0.1) is 0 Å². The first-order valence-electron chi connectivity index (χ1n) is 4.53. The van der Waals surface area contributed by atoms with Gasteiger partial charge in [-0.2, -0.15) is 0 Å². The van der Waals surface area contributed by atoms with Crippen LogP contribution < -0.4 is 5.32 Å². The SMILES string of the molecule is CC(=O)Nc1cccc(Sc2nnn[nH]2)c1. The Labute approximate surface area is 95.8 Å². The van der Waals surface area contributed by atoms with Crippen molar-refractivity contribution in [3.63, 3.8) is 0 Å². The summed E-state index contributed by atoms with van der Waals surface area (Å²) < 4.78 is 0. The Morgan fingerprint density at radius 2 is 2.38 bits per heavy atom. The molecule has 1 aromatic heterocycles. The summed E-state index contributed by atoms with van der Waals surface area (Å²) in [6, 6.07) is 7.45. The Morgan fingerprint density at radius 3 is 3.06 bits per heavy atom. The molecule has 1 aromatic carbocycles. The van der Waals surface area contributed by atoms with E-state index < -0.39 is 0 Å². The van der Waals surface area contributed by atoms with Crippen LogP contribution in [0.3, 0.4) is 0 Å². The van der Waals surface area contributed by atoms with Gasteiger partial charge >= 0.3 is 0 Å². The molecule has 2 rings (SSSR count). The molecule has 0 bridgehead atoms. The number of rotatable bonds is 3. The number of aromatic amines is 1. The van der Waals surface area contributed by atoms with Crippen molar-refractivity contribution in [3.05, 3.63) is 24.3 Å². The molecule has 0 saturated heterocycles. The molecule has 0 fully saturated rings.